The number of hydrogen-bond donors (Lipinski definition) is 0. The largest absolute Gasteiger partial charge is 0.458 e. The highest BCUT2D eigenvalue weighted by atomic mass is 16.6. The van der Waals surface area contributed by atoms with Crippen molar-refractivity contribution in [2.75, 3.05) is 0 Å². The first kappa shape index (κ1) is 23.6. The predicted octanol–water partition coefficient (Wildman–Crippen LogP) is 6.63. The third kappa shape index (κ3) is 3.46. The molecule has 0 amide bonds. The summed E-state index contributed by atoms with van der Waals surface area (Å²) >= 11 is 0. The van der Waals surface area contributed by atoms with Gasteiger partial charge in [0.25, 0.3) is 0 Å². The molecule has 1 saturated carbocycles. The average Bonchev–Trinajstić information content (AvgIpc) is 2.88. The van der Waals surface area contributed by atoms with Crippen molar-refractivity contribution in [3.8, 4) is 0 Å². The van der Waals surface area contributed by atoms with Gasteiger partial charge in [0.15, 0.2) is 0 Å². The van der Waals surface area contributed by atoms with Crippen molar-refractivity contribution in [3.05, 3.63) is 46.6 Å². The van der Waals surface area contributed by atoms with Crippen molar-refractivity contribution in [1.29, 1.82) is 0 Å². The minimum atomic E-state index is -0.505. The van der Waals surface area contributed by atoms with Gasteiger partial charge >= 0.3 is 11.9 Å². The molecule has 6 atom stereocenters. The summed E-state index contributed by atoms with van der Waals surface area (Å²) in [7, 11) is 0. The maximum Gasteiger partial charge on any atom is 0.333 e. The molecule has 5 aliphatic rings. The van der Waals surface area contributed by atoms with Crippen molar-refractivity contribution < 1.29 is 19.1 Å². The molecule has 0 aromatic carbocycles. The second kappa shape index (κ2) is 7.96. The Morgan fingerprint density at radius 2 is 1.79 bits per heavy atom. The fourth-order valence-electron chi connectivity index (χ4n) is 8.19. The zero-order valence-corrected chi connectivity index (χ0v) is 21.7. The lowest BCUT2D eigenvalue weighted by Gasteiger charge is -2.52. The molecule has 0 aromatic rings. The quantitative estimate of drug-likeness (QED) is 0.431. The van der Waals surface area contributed by atoms with Crippen molar-refractivity contribution in [2.45, 2.75) is 98.2 Å². The predicted molar refractivity (Wildman–Crippen MR) is 133 cm³/mol. The topological polar surface area (TPSA) is 52.6 Å². The van der Waals surface area contributed by atoms with Gasteiger partial charge in [0.1, 0.15) is 11.7 Å². The first-order chi connectivity index (χ1) is 16.0. The maximum atomic E-state index is 12.3. The van der Waals surface area contributed by atoms with E-state index in [2.05, 4.69) is 46.8 Å². The average molecular weight is 465 g/mol. The molecule has 34 heavy (non-hydrogen) atoms. The molecule has 2 aliphatic heterocycles. The van der Waals surface area contributed by atoms with Crippen LogP contribution in [0.25, 0.3) is 0 Å². The minimum Gasteiger partial charge on any atom is -0.458 e. The lowest BCUT2D eigenvalue weighted by Crippen LogP contribution is -2.46. The molecule has 5 rings (SSSR count). The molecule has 0 aromatic heterocycles. The van der Waals surface area contributed by atoms with Crippen LogP contribution in [0.4, 0.5) is 0 Å². The highest BCUT2D eigenvalue weighted by molar-refractivity contribution is 5.88. The molecule has 4 heteroatoms. The Morgan fingerprint density at radius 1 is 1.03 bits per heavy atom. The zero-order valence-electron chi connectivity index (χ0n) is 21.7. The van der Waals surface area contributed by atoms with Crippen molar-refractivity contribution >= 4 is 11.9 Å². The van der Waals surface area contributed by atoms with E-state index in [0.717, 1.165) is 37.7 Å². The molecular weight excluding hydrogens is 424 g/mol. The Balaban J connectivity index is 1.47. The number of esters is 2. The van der Waals surface area contributed by atoms with Crippen LogP contribution < -0.4 is 0 Å². The SMILES string of the molecule is CC1=CC[C@H]([C@@H](C)[C@H]2CC[C@@]3(C)C4=C(C=C5C=CC(=O)OC(C)(C)[C@@H]5CC4)CC[C@]23C)OC1=O. The van der Waals surface area contributed by atoms with Crippen LogP contribution in [0, 0.1) is 28.6 Å². The van der Waals surface area contributed by atoms with E-state index in [9.17, 15) is 9.59 Å². The normalized spacial score (nSPS) is 40.0. The summed E-state index contributed by atoms with van der Waals surface area (Å²) in [5, 5.41) is 0. The molecule has 0 N–H and O–H groups in total. The van der Waals surface area contributed by atoms with Gasteiger partial charge in [0, 0.05) is 24.0 Å². The molecule has 4 nitrogen and oxygen atoms in total. The van der Waals surface area contributed by atoms with E-state index >= 15 is 0 Å². The first-order valence-electron chi connectivity index (χ1n) is 13.2. The highest BCUT2D eigenvalue weighted by Crippen LogP contribution is 2.68. The van der Waals surface area contributed by atoms with E-state index in [1.165, 1.54) is 24.0 Å². The summed E-state index contributed by atoms with van der Waals surface area (Å²) in [5.74, 6) is 0.711. The van der Waals surface area contributed by atoms with E-state index < -0.39 is 5.60 Å². The van der Waals surface area contributed by atoms with Gasteiger partial charge in [-0.05, 0) is 93.1 Å². The molecule has 0 radical (unpaired) electrons. The lowest BCUT2D eigenvalue weighted by molar-refractivity contribution is -0.153. The van der Waals surface area contributed by atoms with E-state index in [1.807, 2.05) is 13.0 Å². The number of rotatable bonds is 2. The third-order valence-electron chi connectivity index (χ3n) is 10.5. The van der Waals surface area contributed by atoms with Crippen LogP contribution in [0.2, 0.25) is 0 Å². The van der Waals surface area contributed by atoms with Gasteiger partial charge < -0.3 is 9.47 Å². The second-order valence-electron chi connectivity index (χ2n) is 12.4. The summed E-state index contributed by atoms with van der Waals surface area (Å²) in [6.07, 6.45) is 15.6. The molecule has 184 valence electrons. The monoisotopic (exact) mass is 464 g/mol. The third-order valence-corrected chi connectivity index (χ3v) is 10.5. The van der Waals surface area contributed by atoms with Crippen LogP contribution in [0.15, 0.2) is 46.6 Å². The number of hydrogen-bond acceptors (Lipinski definition) is 4. The number of carbonyl (C=O) groups excluding carboxylic acids is 2. The molecule has 0 spiro atoms. The molecule has 2 heterocycles. The number of ether oxygens (including phenoxy) is 2. The van der Waals surface area contributed by atoms with Gasteiger partial charge in [-0.3, -0.25) is 0 Å². The fourth-order valence-corrected chi connectivity index (χ4v) is 8.19. The molecule has 0 unspecified atom stereocenters. The van der Waals surface area contributed by atoms with Gasteiger partial charge in [0.05, 0.1) is 0 Å². The van der Waals surface area contributed by atoms with Gasteiger partial charge in [-0.2, -0.15) is 0 Å². The molecule has 0 bridgehead atoms. The van der Waals surface area contributed by atoms with Crippen LogP contribution in [-0.2, 0) is 19.1 Å². The number of allylic oxidation sites excluding steroid dienone is 4. The Hall–Kier alpha value is -2.10. The lowest BCUT2D eigenvalue weighted by atomic mass is 9.52. The smallest absolute Gasteiger partial charge is 0.333 e. The molecular formula is C30H40O4. The van der Waals surface area contributed by atoms with Crippen molar-refractivity contribution in [2.24, 2.45) is 28.6 Å². The van der Waals surface area contributed by atoms with Crippen molar-refractivity contribution in [3.63, 3.8) is 0 Å². The Morgan fingerprint density at radius 3 is 2.53 bits per heavy atom. The fraction of sp³-hybridized carbons (Fsp3) is 0.667. The molecule has 3 aliphatic carbocycles. The Bertz CT molecular complexity index is 1040. The maximum absolute atomic E-state index is 12.3. The van der Waals surface area contributed by atoms with Crippen molar-refractivity contribution in [1.82, 2.24) is 0 Å². The van der Waals surface area contributed by atoms with E-state index in [-0.39, 0.29) is 34.8 Å². The summed E-state index contributed by atoms with van der Waals surface area (Å²) < 4.78 is 11.7. The second-order valence-corrected chi connectivity index (χ2v) is 12.4. The summed E-state index contributed by atoms with van der Waals surface area (Å²) in [5.41, 5.74) is 4.93. The van der Waals surface area contributed by atoms with E-state index in [4.69, 9.17) is 9.47 Å². The summed E-state index contributed by atoms with van der Waals surface area (Å²) in [6, 6.07) is 0. The summed E-state index contributed by atoms with van der Waals surface area (Å²) in [4.78, 5) is 24.4. The van der Waals surface area contributed by atoms with Crippen LogP contribution in [0.5, 0.6) is 0 Å². The van der Waals surface area contributed by atoms with Gasteiger partial charge in [0.2, 0.25) is 0 Å². The van der Waals surface area contributed by atoms with Gasteiger partial charge in [-0.25, -0.2) is 9.59 Å². The Kier molecular flexibility index (Phi) is 5.53. The summed E-state index contributed by atoms with van der Waals surface area (Å²) in [6.45, 7) is 13.3. The van der Waals surface area contributed by atoms with E-state index in [1.54, 1.807) is 11.6 Å². The van der Waals surface area contributed by atoms with E-state index in [0.29, 0.717) is 11.8 Å². The molecule has 0 saturated heterocycles. The number of fused-ring (bicyclic) bond motifs is 3. The first-order valence-corrected chi connectivity index (χ1v) is 13.2. The van der Waals surface area contributed by atoms with Crippen LogP contribution in [0.1, 0.15) is 86.5 Å². The molecule has 1 fully saturated rings. The standard InChI is InChI=1S/C30H40O4/c1-18-7-11-25(33-27(18)32)19(2)22-14-16-30(6)24-10-9-23-20(8-12-26(31)34-28(23,3)4)17-21(24)13-15-29(22,30)5/h7-8,12,17,19,22-23,25H,9-11,13-16H2,1-6H3/t19-,22+,23+,25+,29+,30-/m0/s1. The van der Waals surface area contributed by atoms with Gasteiger partial charge in [-0.15, -0.1) is 0 Å². The minimum absolute atomic E-state index is 0.0146. The highest BCUT2D eigenvalue weighted by Gasteiger charge is 2.60. The Labute approximate surface area is 204 Å². The van der Waals surface area contributed by atoms with Gasteiger partial charge in [-0.1, -0.05) is 44.6 Å². The van der Waals surface area contributed by atoms with Crippen LogP contribution >= 0.6 is 0 Å². The number of cyclic esters (lactones) is 2. The number of carbonyl (C=O) groups is 2. The zero-order chi connectivity index (χ0) is 24.5. The van der Waals surface area contributed by atoms with Crippen LogP contribution in [0.3, 0.4) is 0 Å². The van der Waals surface area contributed by atoms with Crippen LogP contribution in [-0.4, -0.2) is 23.6 Å².